The maximum Gasteiger partial charge on any atom is 0.411 e. The van der Waals surface area contributed by atoms with E-state index in [1.165, 1.54) is 6.92 Å². The summed E-state index contributed by atoms with van der Waals surface area (Å²) < 4.78 is 10.4. The molecule has 2 rings (SSSR count). The summed E-state index contributed by atoms with van der Waals surface area (Å²) in [6.45, 7) is 4.16. The number of nitrogens with one attached hydrogen (secondary N) is 1. The van der Waals surface area contributed by atoms with Gasteiger partial charge in [-0.15, -0.1) is 0 Å². The van der Waals surface area contributed by atoms with Crippen molar-refractivity contribution in [2.24, 2.45) is 0 Å². The van der Waals surface area contributed by atoms with E-state index < -0.39 is 6.09 Å². The van der Waals surface area contributed by atoms with Crippen molar-refractivity contribution in [1.29, 1.82) is 0 Å². The summed E-state index contributed by atoms with van der Waals surface area (Å²) in [7, 11) is 0. The van der Waals surface area contributed by atoms with Gasteiger partial charge in [0.05, 0.1) is 13.2 Å². The molecule has 1 N–H and O–H groups in total. The smallest absolute Gasteiger partial charge is 0.411 e. The average molecular weight is 369 g/mol. The van der Waals surface area contributed by atoms with Gasteiger partial charge in [0.15, 0.2) is 0 Å². The standard InChI is InChI=1S/C22H27NO4/c1-3-4-15-27-22(25)23-21-13-9-8-12-20(21)19(14-16-26-17(2)24)18-10-6-5-7-11-18/h5-13,19H,3-4,14-16H2,1-2H3,(H,23,25). The molecule has 1 amide bonds. The Labute approximate surface area is 160 Å². The van der Waals surface area contributed by atoms with Gasteiger partial charge in [0.25, 0.3) is 0 Å². The maximum absolute atomic E-state index is 12.1. The van der Waals surface area contributed by atoms with E-state index in [-0.39, 0.29) is 11.9 Å². The molecule has 0 spiro atoms. The Morgan fingerprint density at radius 2 is 1.67 bits per heavy atom. The second kappa shape index (κ2) is 11.0. The molecule has 2 aromatic carbocycles. The molecular formula is C22H27NO4. The predicted octanol–water partition coefficient (Wildman–Crippen LogP) is 5.12. The van der Waals surface area contributed by atoms with Crippen molar-refractivity contribution in [3.63, 3.8) is 0 Å². The number of hydrogen-bond donors (Lipinski definition) is 1. The second-order valence-electron chi connectivity index (χ2n) is 6.29. The molecule has 0 radical (unpaired) electrons. The van der Waals surface area contributed by atoms with Gasteiger partial charge in [-0.25, -0.2) is 4.79 Å². The summed E-state index contributed by atoms with van der Waals surface area (Å²) in [6, 6.07) is 17.6. The Kier molecular flexibility index (Phi) is 8.36. The van der Waals surface area contributed by atoms with Crippen molar-refractivity contribution in [3.8, 4) is 0 Å². The minimum Gasteiger partial charge on any atom is -0.466 e. The summed E-state index contributed by atoms with van der Waals surface area (Å²) in [6.07, 6.45) is 1.97. The minimum atomic E-state index is -0.456. The van der Waals surface area contributed by atoms with Crippen molar-refractivity contribution in [2.45, 2.75) is 39.0 Å². The van der Waals surface area contributed by atoms with Crippen LogP contribution in [0.25, 0.3) is 0 Å². The molecule has 0 aromatic heterocycles. The van der Waals surface area contributed by atoms with Crippen LogP contribution in [0.15, 0.2) is 54.6 Å². The monoisotopic (exact) mass is 369 g/mol. The predicted molar refractivity (Wildman–Crippen MR) is 106 cm³/mol. The normalized spacial score (nSPS) is 11.5. The third-order valence-corrected chi connectivity index (χ3v) is 4.22. The summed E-state index contributed by atoms with van der Waals surface area (Å²) in [4.78, 5) is 23.2. The van der Waals surface area contributed by atoms with Crippen LogP contribution in [0.5, 0.6) is 0 Å². The number of esters is 1. The van der Waals surface area contributed by atoms with Gasteiger partial charge in [-0.05, 0) is 30.0 Å². The zero-order valence-electron chi connectivity index (χ0n) is 15.9. The van der Waals surface area contributed by atoms with Crippen LogP contribution in [0.3, 0.4) is 0 Å². The Bertz CT molecular complexity index is 730. The minimum absolute atomic E-state index is 0.0160. The number of carbonyl (C=O) groups is 2. The summed E-state index contributed by atoms with van der Waals surface area (Å²) in [5.41, 5.74) is 2.76. The number of hydrogen-bond acceptors (Lipinski definition) is 4. The molecule has 0 aliphatic heterocycles. The van der Waals surface area contributed by atoms with Crippen molar-refractivity contribution in [2.75, 3.05) is 18.5 Å². The number of benzene rings is 2. The van der Waals surface area contributed by atoms with Crippen LogP contribution in [0, 0.1) is 0 Å². The van der Waals surface area contributed by atoms with Crippen LogP contribution in [0.2, 0.25) is 0 Å². The van der Waals surface area contributed by atoms with Crippen LogP contribution in [-0.2, 0) is 14.3 Å². The Balaban J connectivity index is 2.21. The van der Waals surface area contributed by atoms with E-state index >= 15 is 0 Å². The van der Waals surface area contributed by atoms with Gasteiger partial charge in [-0.1, -0.05) is 61.9 Å². The molecule has 0 saturated heterocycles. The van der Waals surface area contributed by atoms with E-state index in [1.807, 2.05) is 61.5 Å². The van der Waals surface area contributed by atoms with Gasteiger partial charge < -0.3 is 9.47 Å². The van der Waals surface area contributed by atoms with Crippen LogP contribution in [0.1, 0.15) is 50.2 Å². The largest absolute Gasteiger partial charge is 0.466 e. The second-order valence-corrected chi connectivity index (χ2v) is 6.29. The third-order valence-electron chi connectivity index (χ3n) is 4.22. The Hall–Kier alpha value is -2.82. The summed E-state index contributed by atoms with van der Waals surface area (Å²) in [5, 5.41) is 2.85. The Morgan fingerprint density at radius 3 is 2.37 bits per heavy atom. The first-order valence-corrected chi connectivity index (χ1v) is 9.32. The van der Waals surface area contributed by atoms with Crippen molar-refractivity contribution in [3.05, 3.63) is 65.7 Å². The SMILES string of the molecule is CCCCOC(=O)Nc1ccccc1C(CCOC(C)=O)c1ccccc1. The Morgan fingerprint density at radius 1 is 0.963 bits per heavy atom. The lowest BCUT2D eigenvalue weighted by atomic mass is 9.87. The van der Waals surface area contributed by atoms with Crippen LogP contribution < -0.4 is 5.32 Å². The average Bonchev–Trinajstić information content (AvgIpc) is 2.67. The number of carbonyl (C=O) groups excluding carboxylic acids is 2. The fourth-order valence-electron chi connectivity index (χ4n) is 2.88. The zero-order chi connectivity index (χ0) is 19.5. The van der Waals surface area contributed by atoms with E-state index in [4.69, 9.17) is 9.47 Å². The van der Waals surface area contributed by atoms with E-state index in [9.17, 15) is 9.59 Å². The van der Waals surface area contributed by atoms with Crippen LogP contribution >= 0.6 is 0 Å². The molecule has 2 aromatic rings. The third kappa shape index (κ3) is 6.77. The number of anilines is 1. The molecule has 0 fully saturated rings. The molecule has 0 aliphatic rings. The van der Waals surface area contributed by atoms with E-state index in [2.05, 4.69) is 5.32 Å². The molecule has 1 unspecified atom stereocenters. The fraction of sp³-hybridized carbons (Fsp3) is 0.364. The number of para-hydroxylation sites is 1. The first-order valence-electron chi connectivity index (χ1n) is 9.32. The van der Waals surface area contributed by atoms with E-state index in [1.54, 1.807) is 0 Å². The number of ether oxygens (including phenoxy) is 2. The molecule has 0 bridgehead atoms. The molecule has 0 aliphatic carbocycles. The van der Waals surface area contributed by atoms with E-state index in [0.29, 0.717) is 25.3 Å². The van der Waals surface area contributed by atoms with Gasteiger partial charge in [-0.2, -0.15) is 0 Å². The molecule has 1 atom stereocenters. The molecule has 0 heterocycles. The van der Waals surface area contributed by atoms with Gasteiger partial charge in [0.1, 0.15) is 0 Å². The van der Waals surface area contributed by atoms with Crippen molar-refractivity contribution >= 4 is 17.7 Å². The lowest BCUT2D eigenvalue weighted by Gasteiger charge is -2.21. The highest BCUT2D eigenvalue weighted by molar-refractivity contribution is 5.86. The molecule has 5 nitrogen and oxygen atoms in total. The van der Waals surface area contributed by atoms with Gasteiger partial charge >= 0.3 is 12.1 Å². The topological polar surface area (TPSA) is 64.6 Å². The highest BCUT2D eigenvalue weighted by Gasteiger charge is 2.19. The maximum atomic E-state index is 12.1. The lowest BCUT2D eigenvalue weighted by Crippen LogP contribution is -2.17. The highest BCUT2D eigenvalue weighted by Crippen LogP contribution is 2.33. The van der Waals surface area contributed by atoms with Crippen LogP contribution in [0.4, 0.5) is 10.5 Å². The molecule has 144 valence electrons. The first kappa shape index (κ1) is 20.5. The molecule has 0 saturated carbocycles. The lowest BCUT2D eigenvalue weighted by molar-refractivity contribution is -0.141. The van der Waals surface area contributed by atoms with Crippen molar-refractivity contribution < 1.29 is 19.1 Å². The summed E-state index contributed by atoms with van der Waals surface area (Å²) in [5.74, 6) is -0.314. The quantitative estimate of drug-likeness (QED) is 0.492. The van der Waals surface area contributed by atoms with Crippen LogP contribution in [-0.4, -0.2) is 25.3 Å². The number of amides is 1. The number of rotatable bonds is 9. The summed E-state index contributed by atoms with van der Waals surface area (Å²) >= 11 is 0. The van der Waals surface area contributed by atoms with Gasteiger partial charge in [0, 0.05) is 18.5 Å². The molecule has 5 heteroatoms. The zero-order valence-corrected chi connectivity index (χ0v) is 15.9. The molecule has 27 heavy (non-hydrogen) atoms. The van der Waals surface area contributed by atoms with Gasteiger partial charge in [-0.3, -0.25) is 10.1 Å². The first-order chi connectivity index (χ1) is 13.1. The molecular weight excluding hydrogens is 342 g/mol. The van der Waals surface area contributed by atoms with Crippen molar-refractivity contribution in [1.82, 2.24) is 0 Å². The fourth-order valence-corrected chi connectivity index (χ4v) is 2.88. The number of unbranched alkanes of at least 4 members (excludes halogenated alkanes) is 1. The van der Waals surface area contributed by atoms with Gasteiger partial charge in [0.2, 0.25) is 0 Å². The van der Waals surface area contributed by atoms with E-state index in [0.717, 1.165) is 24.0 Å². The highest BCUT2D eigenvalue weighted by atomic mass is 16.5.